The Hall–Kier alpha value is 0.0649. The van der Waals surface area contributed by atoms with Crippen LogP contribution < -0.4 is 0 Å². The molecule has 0 aromatic heterocycles. The van der Waals surface area contributed by atoms with Crippen LogP contribution in [0.1, 0.15) is 27.2 Å². The van der Waals surface area contributed by atoms with E-state index in [1.54, 1.807) is 0 Å². The fourth-order valence-electron chi connectivity index (χ4n) is 1.42. The molecule has 0 aliphatic carbocycles. The Morgan fingerprint density at radius 1 is 1.33 bits per heavy atom. The molecule has 0 N–H and O–H groups in total. The van der Waals surface area contributed by atoms with Gasteiger partial charge in [-0.15, -0.1) is 0 Å². The smallest absolute Gasteiger partial charge is 0.0861 e. The molecule has 54 valence electrons. The highest BCUT2D eigenvalue weighted by Crippen LogP contribution is 2.09. The second-order valence-corrected chi connectivity index (χ2v) is 3.52. The minimum absolute atomic E-state index is 0.881. The fourth-order valence-corrected chi connectivity index (χ4v) is 1.42. The lowest BCUT2D eigenvalue weighted by atomic mass is 9.45. The Labute approximate surface area is 60.1 Å². The van der Waals surface area contributed by atoms with E-state index in [0.717, 1.165) is 12.6 Å². The largest absolute Gasteiger partial charge is 0.136 e. The Morgan fingerprint density at radius 2 is 1.89 bits per heavy atom. The molecule has 0 aromatic rings. The van der Waals surface area contributed by atoms with Gasteiger partial charge in [0.05, 0.1) is 0 Å². The molecular formula is C8H19B. The van der Waals surface area contributed by atoms with Gasteiger partial charge in [-0.1, -0.05) is 52.6 Å². The van der Waals surface area contributed by atoms with Gasteiger partial charge in [0.25, 0.3) is 0 Å². The van der Waals surface area contributed by atoms with Crippen LogP contribution >= 0.6 is 0 Å². The van der Waals surface area contributed by atoms with Crippen molar-refractivity contribution in [1.29, 1.82) is 0 Å². The van der Waals surface area contributed by atoms with Gasteiger partial charge in [-0.2, -0.15) is 0 Å². The SMILES string of the molecule is CCCB(C)CC(C)C. The van der Waals surface area contributed by atoms with E-state index in [1.807, 2.05) is 0 Å². The third-order valence-electron chi connectivity index (χ3n) is 1.66. The highest BCUT2D eigenvalue weighted by molar-refractivity contribution is 6.57. The van der Waals surface area contributed by atoms with E-state index in [-0.39, 0.29) is 0 Å². The highest BCUT2D eigenvalue weighted by Gasteiger charge is 2.06. The van der Waals surface area contributed by atoms with E-state index >= 15 is 0 Å². The first-order valence-corrected chi connectivity index (χ1v) is 4.16. The van der Waals surface area contributed by atoms with Crippen LogP contribution in [-0.2, 0) is 0 Å². The molecule has 0 atom stereocenters. The summed E-state index contributed by atoms with van der Waals surface area (Å²) >= 11 is 0. The molecule has 0 aliphatic rings. The summed E-state index contributed by atoms with van der Waals surface area (Å²) in [4.78, 5) is 0. The quantitative estimate of drug-likeness (QED) is 0.507. The van der Waals surface area contributed by atoms with Crippen molar-refractivity contribution in [3.63, 3.8) is 0 Å². The van der Waals surface area contributed by atoms with Crippen molar-refractivity contribution in [2.75, 3.05) is 0 Å². The van der Waals surface area contributed by atoms with E-state index in [1.165, 1.54) is 19.1 Å². The Kier molecular flexibility index (Phi) is 4.93. The predicted molar refractivity (Wildman–Crippen MR) is 46.4 cm³/mol. The summed E-state index contributed by atoms with van der Waals surface area (Å²) < 4.78 is 0. The minimum Gasteiger partial charge on any atom is -0.0861 e. The Morgan fingerprint density at radius 3 is 2.22 bits per heavy atom. The number of hydrogen-bond donors (Lipinski definition) is 0. The summed E-state index contributed by atoms with van der Waals surface area (Å²) in [5, 5.41) is 0. The van der Waals surface area contributed by atoms with Gasteiger partial charge in [0.2, 0.25) is 0 Å². The number of hydrogen-bond acceptors (Lipinski definition) is 0. The van der Waals surface area contributed by atoms with Gasteiger partial charge in [-0.05, 0) is 0 Å². The number of rotatable bonds is 4. The average molecular weight is 126 g/mol. The summed E-state index contributed by atoms with van der Waals surface area (Å²) in [7, 11) is 0. The van der Waals surface area contributed by atoms with Gasteiger partial charge in [0, 0.05) is 0 Å². The molecule has 0 amide bonds. The zero-order chi connectivity index (χ0) is 7.28. The van der Waals surface area contributed by atoms with Crippen LogP contribution in [0, 0.1) is 5.92 Å². The summed E-state index contributed by atoms with van der Waals surface area (Å²) in [6.45, 7) is 10.1. The van der Waals surface area contributed by atoms with Crippen LogP contribution in [-0.4, -0.2) is 6.71 Å². The van der Waals surface area contributed by atoms with Crippen LogP contribution in [0.4, 0.5) is 0 Å². The van der Waals surface area contributed by atoms with E-state index in [4.69, 9.17) is 0 Å². The second-order valence-electron chi connectivity index (χ2n) is 3.52. The normalized spacial score (nSPS) is 10.3. The van der Waals surface area contributed by atoms with Gasteiger partial charge < -0.3 is 0 Å². The van der Waals surface area contributed by atoms with Crippen LogP contribution in [0.3, 0.4) is 0 Å². The maximum absolute atomic E-state index is 2.35. The van der Waals surface area contributed by atoms with Crippen molar-refractivity contribution >= 4 is 6.71 Å². The van der Waals surface area contributed by atoms with Crippen LogP contribution in [0.2, 0.25) is 19.5 Å². The first-order valence-electron chi connectivity index (χ1n) is 4.16. The van der Waals surface area contributed by atoms with Crippen LogP contribution in [0.25, 0.3) is 0 Å². The molecule has 0 rings (SSSR count). The standard InChI is InChI=1S/C8H19B/c1-5-6-9(4)7-8(2)3/h8H,5-7H2,1-4H3. The zero-order valence-electron chi connectivity index (χ0n) is 7.28. The third-order valence-corrected chi connectivity index (χ3v) is 1.66. The molecule has 0 saturated carbocycles. The van der Waals surface area contributed by atoms with E-state index in [9.17, 15) is 0 Å². The molecule has 9 heavy (non-hydrogen) atoms. The first-order chi connectivity index (χ1) is 4.16. The molecular weight excluding hydrogens is 107 g/mol. The van der Waals surface area contributed by atoms with Crippen molar-refractivity contribution in [1.82, 2.24) is 0 Å². The summed E-state index contributed by atoms with van der Waals surface area (Å²) in [5.74, 6) is 0.881. The topological polar surface area (TPSA) is 0 Å². The van der Waals surface area contributed by atoms with Crippen LogP contribution in [0.5, 0.6) is 0 Å². The lowest BCUT2D eigenvalue weighted by molar-refractivity contribution is 0.723. The van der Waals surface area contributed by atoms with E-state index in [0.29, 0.717) is 0 Å². The summed E-state index contributed by atoms with van der Waals surface area (Å²) in [6, 6.07) is 0. The van der Waals surface area contributed by atoms with E-state index < -0.39 is 0 Å². The molecule has 0 radical (unpaired) electrons. The molecule has 0 aromatic carbocycles. The molecule has 1 heteroatoms. The molecule has 0 aliphatic heterocycles. The molecule has 0 saturated heterocycles. The molecule has 0 fully saturated rings. The van der Waals surface area contributed by atoms with Gasteiger partial charge in [-0.25, -0.2) is 0 Å². The minimum atomic E-state index is 0.881. The lowest BCUT2D eigenvalue weighted by Crippen LogP contribution is -2.08. The lowest BCUT2D eigenvalue weighted by Gasteiger charge is -2.08. The van der Waals surface area contributed by atoms with Gasteiger partial charge >= 0.3 is 0 Å². The summed E-state index contributed by atoms with van der Waals surface area (Å²) in [5.41, 5.74) is 0. The van der Waals surface area contributed by atoms with Crippen molar-refractivity contribution < 1.29 is 0 Å². The molecule has 0 heterocycles. The zero-order valence-corrected chi connectivity index (χ0v) is 7.28. The second kappa shape index (κ2) is 4.90. The highest BCUT2D eigenvalue weighted by atomic mass is 13.9. The van der Waals surface area contributed by atoms with Gasteiger partial charge in [-0.3, -0.25) is 0 Å². The third kappa shape index (κ3) is 5.94. The van der Waals surface area contributed by atoms with Crippen molar-refractivity contribution in [3.8, 4) is 0 Å². The van der Waals surface area contributed by atoms with Crippen molar-refractivity contribution in [2.45, 2.75) is 46.7 Å². The molecule has 0 bridgehead atoms. The van der Waals surface area contributed by atoms with Crippen LogP contribution in [0.15, 0.2) is 0 Å². The summed E-state index contributed by atoms with van der Waals surface area (Å²) in [6.07, 6.45) is 4.14. The predicted octanol–water partition coefficient (Wildman–Crippen LogP) is 3.18. The van der Waals surface area contributed by atoms with Gasteiger partial charge in [0.15, 0.2) is 0 Å². The monoisotopic (exact) mass is 126 g/mol. The average Bonchev–Trinajstić information content (AvgIpc) is 1.63. The van der Waals surface area contributed by atoms with Crippen molar-refractivity contribution in [3.05, 3.63) is 0 Å². The fraction of sp³-hybridized carbons (Fsp3) is 1.00. The molecule has 0 nitrogen and oxygen atoms in total. The Bertz CT molecular complexity index is 59.6. The molecule has 0 unspecified atom stereocenters. The maximum Gasteiger partial charge on any atom is 0.136 e. The van der Waals surface area contributed by atoms with E-state index in [2.05, 4.69) is 27.6 Å². The van der Waals surface area contributed by atoms with Gasteiger partial charge in [0.1, 0.15) is 6.71 Å². The van der Waals surface area contributed by atoms with Crippen molar-refractivity contribution in [2.24, 2.45) is 5.92 Å². The maximum atomic E-state index is 2.35. The Balaban J connectivity index is 3.15. The molecule has 0 spiro atoms. The first kappa shape index (κ1) is 9.06.